The number of anilines is 2. The molecule has 8 aromatic rings. The van der Waals surface area contributed by atoms with Gasteiger partial charge in [0.15, 0.2) is 0 Å². The molecule has 6 N–H and O–H groups in total. The van der Waals surface area contributed by atoms with E-state index in [4.69, 9.17) is 18.9 Å². The molecule has 0 fully saturated rings. The molecule has 0 bridgehead atoms. The minimum Gasteiger partial charge on any atom is -0.550 e. The summed E-state index contributed by atoms with van der Waals surface area (Å²) >= 11 is 0. The van der Waals surface area contributed by atoms with Gasteiger partial charge in [-0.25, -0.2) is 0 Å². The van der Waals surface area contributed by atoms with Crippen molar-refractivity contribution < 1.29 is 68.8 Å². The molecule has 0 saturated heterocycles. The number of carboxylic acid groups (broad SMARTS) is 2. The fourth-order valence-corrected chi connectivity index (χ4v) is 11.1. The zero-order valence-electron chi connectivity index (χ0n) is 51.6. The van der Waals surface area contributed by atoms with Gasteiger partial charge in [-0.3, -0.25) is 9.59 Å². The third-order valence-corrected chi connectivity index (χ3v) is 15.0. The predicted molar refractivity (Wildman–Crippen MR) is 341 cm³/mol. The Labute approximate surface area is 549 Å². The molecule has 2 aromatic heterocycles. The van der Waals surface area contributed by atoms with Crippen LogP contribution in [0.5, 0.6) is 23.0 Å². The van der Waals surface area contributed by atoms with Crippen LogP contribution in [0.2, 0.25) is 0 Å². The Morgan fingerprint density at radius 3 is 1.04 bits per heavy atom. The Bertz CT molecular complexity index is 3380. The van der Waals surface area contributed by atoms with E-state index in [1.165, 1.54) is 14.2 Å². The second kappa shape index (κ2) is 33.6. The molecule has 8 rings (SSSR count). The molecule has 2 amide bonds. The molecule has 0 saturated carbocycles. The van der Waals surface area contributed by atoms with Crippen molar-refractivity contribution in [2.24, 2.45) is 0 Å². The van der Waals surface area contributed by atoms with E-state index in [0.717, 1.165) is 56.2 Å². The van der Waals surface area contributed by atoms with Gasteiger partial charge in [0, 0.05) is 72.5 Å². The van der Waals surface area contributed by atoms with Gasteiger partial charge in [0.1, 0.15) is 23.0 Å². The van der Waals surface area contributed by atoms with Gasteiger partial charge in [-0.2, -0.15) is 0 Å². The summed E-state index contributed by atoms with van der Waals surface area (Å²) in [5, 5.41) is 69.7. The van der Waals surface area contributed by atoms with Gasteiger partial charge in [-0.15, -0.1) is 0 Å². The summed E-state index contributed by atoms with van der Waals surface area (Å²) in [6.07, 6.45) is -5.27. The number of aliphatic hydroxyl groups is 4. The number of aliphatic hydroxyl groups excluding tert-OH is 4. The van der Waals surface area contributed by atoms with Crippen LogP contribution in [-0.4, -0.2) is 144 Å². The average Bonchev–Trinajstić information content (AvgIpc) is 1.73. The topological polar surface area (TPSA) is 266 Å². The molecule has 464 valence electrons. The third-order valence-electron chi connectivity index (χ3n) is 15.0. The number of carboxylic acids is 2. The number of carbonyl (C=O) groups excluding carboxylic acids is 4. The Balaban J connectivity index is 0.000000281. The van der Waals surface area contributed by atoms with Crippen LogP contribution in [0, 0.1) is 0 Å². The number of aliphatic carboxylic acids is 2. The maximum atomic E-state index is 14.4. The number of nitrogens with zero attached hydrogens (tertiary/aromatic N) is 2. The number of amides is 2. The number of hydrogen-bond acceptors (Lipinski definition) is 14. The van der Waals surface area contributed by atoms with Crippen molar-refractivity contribution in [1.82, 2.24) is 9.13 Å². The Morgan fingerprint density at radius 1 is 0.449 bits per heavy atom. The maximum Gasteiger partial charge on any atom is 2.00 e. The first-order valence-electron chi connectivity index (χ1n) is 29.2. The van der Waals surface area contributed by atoms with Gasteiger partial charge >= 0.3 is 37.7 Å². The molecular formula is C70H78CaN4O14. The van der Waals surface area contributed by atoms with Crippen molar-refractivity contribution in [3.05, 3.63) is 180 Å². The second-order valence-corrected chi connectivity index (χ2v) is 21.9. The quantitative estimate of drug-likeness (QED) is 0.0250. The largest absolute Gasteiger partial charge is 2.00 e. The number of carbonyl (C=O) groups is 4. The fraction of sp³-hybridized carbons (Fsp3) is 0.314. The molecule has 18 nitrogen and oxygen atoms in total. The van der Waals surface area contributed by atoms with Gasteiger partial charge < -0.3 is 78.9 Å². The number of ether oxygens (including phenoxy) is 4. The Hall–Kier alpha value is -7.94. The van der Waals surface area contributed by atoms with Gasteiger partial charge in [-0.1, -0.05) is 149 Å². The molecule has 19 heteroatoms. The molecule has 0 radical (unpaired) electrons. The Kier molecular flexibility index (Phi) is 26.5. The zero-order valence-corrected chi connectivity index (χ0v) is 53.8. The fourth-order valence-electron chi connectivity index (χ4n) is 11.1. The smallest absolute Gasteiger partial charge is 0.550 e. The number of methoxy groups -OCH3 is 4. The summed E-state index contributed by atoms with van der Waals surface area (Å²) in [7, 11) is 6.17. The zero-order chi connectivity index (χ0) is 63.6. The van der Waals surface area contributed by atoms with Crippen LogP contribution in [0.15, 0.2) is 158 Å². The van der Waals surface area contributed by atoms with E-state index in [2.05, 4.69) is 19.8 Å². The van der Waals surface area contributed by atoms with Crippen LogP contribution in [0.1, 0.15) is 110 Å². The van der Waals surface area contributed by atoms with Crippen LogP contribution < -0.4 is 39.8 Å². The molecule has 0 aliphatic rings. The van der Waals surface area contributed by atoms with E-state index in [-0.39, 0.29) is 87.1 Å². The Morgan fingerprint density at radius 2 is 0.764 bits per heavy atom. The number of aromatic nitrogens is 2. The number of hydrogen-bond donors (Lipinski definition) is 6. The number of benzene rings is 6. The van der Waals surface area contributed by atoms with E-state index in [1.54, 1.807) is 50.6 Å². The minimum atomic E-state index is -1.37. The van der Waals surface area contributed by atoms with Crippen LogP contribution in [0.3, 0.4) is 0 Å². The molecule has 0 aliphatic carbocycles. The summed E-state index contributed by atoms with van der Waals surface area (Å²) in [5.74, 6) is -1.52. The third kappa shape index (κ3) is 18.1. The van der Waals surface area contributed by atoms with Crippen molar-refractivity contribution in [3.8, 4) is 67.8 Å². The van der Waals surface area contributed by atoms with E-state index < -0.39 is 49.2 Å². The molecule has 0 unspecified atom stereocenters. The van der Waals surface area contributed by atoms with Crippen LogP contribution >= 0.6 is 0 Å². The van der Waals surface area contributed by atoms with E-state index in [9.17, 15) is 49.8 Å². The summed E-state index contributed by atoms with van der Waals surface area (Å²) in [6.45, 7) is 8.69. The predicted octanol–water partition coefficient (Wildman–Crippen LogP) is 9.33. The normalized spacial score (nSPS) is 12.4. The van der Waals surface area contributed by atoms with Crippen molar-refractivity contribution in [2.75, 3.05) is 39.1 Å². The van der Waals surface area contributed by atoms with Gasteiger partial charge in [0.05, 0.1) is 86.7 Å². The van der Waals surface area contributed by atoms with Gasteiger partial charge in [-0.05, 0) is 84.0 Å². The molecule has 4 atom stereocenters. The number of nitrogens with one attached hydrogen (secondary N) is 2. The molecule has 2 heterocycles. The van der Waals surface area contributed by atoms with Crippen molar-refractivity contribution >= 4 is 72.9 Å². The van der Waals surface area contributed by atoms with Crippen LogP contribution in [-0.2, 0) is 22.7 Å². The van der Waals surface area contributed by atoms with Crippen LogP contribution in [0.25, 0.3) is 44.8 Å². The number of rotatable bonds is 28. The maximum absolute atomic E-state index is 14.4. The van der Waals surface area contributed by atoms with E-state index in [0.29, 0.717) is 58.6 Å². The molecule has 89 heavy (non-hydrogen) atoms. The van der Waals surface area contributed by atoms with Gasteiger partial charge in [0.2, 0.25) is 0 Å². The first-order valence-corrected chi connectivity index (χ1v) is 29.2. The van der Waals surface area contributed by atoms with E-state index >= 15 is 0 Å². The summed E-state index contributed by atoms with van der Waals surface area (Å²) in [6, 6.07) is 49.3. The van der Waals surface area contributed by atoms with Gasteiger partial charge in [0.25, 0.3) is 11.8 Å². The minimum absolute atomic E-state index is 0. The second-order valence-electron chi connectivity index (χ2n) is 21.9. The van der Waals surface area contributed by atoms with Crippen molar-refractivity contribution in [1.29, 1.82) is 0 Å². The van der Waals surface area contributed by atoms with Crippen molar-refractivity contribution in [3.63, 3.8) is 0 Å². The molecule has 0 aliphatic heterocycles. The first kappa shape index (κ1) is 70.2. The molecule has 6 aromatic carbocycles. The standard InChI is InChI=1S/2C35H40N2O7.Ca/c2*1-22(2)33-32(35(42)36-28-16-15-27(43-3)21-29(28)44-4)31(23-11-7-5-8-12-23)34(24-13-9-6-10-14-24)37(33)18-17-25(38)19-26(39)20-30(40)41;/h2*5-16,21-22,25-26,38-39H,17-20H2,1-4H3,(H,36,42)(H,40,41);/q;;+2/p-2/t2*25-,26-;/m11./s1. The van der Waals surface area contributed by atoms with Crippen molar-refractivity contribution in [2.45, 2.75) is 116 Å². The summed E-state index contributed by atoms with van der Waals surface area (Å²) < 4.78 is 25.9. The van der Waals surface area contributed by atoms with E-state index in [1.807, 2.05) is 149 Å². The summed E-state index contributed by atoms with van der Waals surface area (Å²) in [5.41, 5.74) is 10.1. The SMILES string of the molecule is COc1ccc(NC(=O)c2c(-c3ccccc3)c(-c3ccccc3)n(CC[C@@H](O)C[C@@H](O)CC(=O)[O-])c2C(C)C)c(OC)c1.COc1ccc(NC(=O)c2c(-c3ccccc3)c(-c3ccccc3)n(CC[C@@H](O)C[C@@H](O)CC(=O)[O-])c2C(C)C)c(OC)c1.[Ca+2]. The molecule has 0 spiro atoms. The summed E-state index contributed by atoms with van der Waals surface area (Å²) in [4.78, 5) is 50.6. The monoisotopic (exact) mass is 1240 g/mol. The molecular weight excluding hydrogens is 1160 g/mol. The van der Waals surface area contributed by atoms with Crippen LogP contribution in [0.4, 0.5) is 11.4 Å². The average molecular weight is 1240 g/mol. The first-order chi connectivity index (χ1) is 42.3.